The third kappa shape index (κ3) is 2.80. The Bertz CT molecular complexity index is 420. The van der Waals surface area contributed by atoms with Crippen LogP contribution in [-0.2, 0) is 4.79 Å². The summed E-state index contributed by atoms with van der Waals surface area (Å²) in [5, 5.41) is 13.1. The normalized spacial score (nSPS) is 9.56. The van der Waals surface area contributed by atoms with E-state index in [1.807, 2.05) is 0 Å². The van der Waals surface area contributed by atoms with Crippen LogP contribution in [0.5, 0.6) is 5.88 Å². The Morgan fingerprint density at radius 3 is 2.88 bits per heavy atom. The average molecular weight is 226 g/mol. The Morgan fingerprint density at radius 1 is 1.69 bits per heavy atom. The predicted molar refractivity (Wildman–Crippen MR) is 55.1 cm³/mol. The Balaban J connectivity index is 3.00. The SMILES string of the molecule is COc1ccc([N+](=O)[O-])c(NCC(N)=O)n1. The Morgan fingerprint density at radius 2 is 2.38 bits per heavy atom. The third-order valence-electron chi connectivity index (χ3n) is 1.68. The number of aromatic nitrogens is 1. The van der Waals surface area contributed by atoms with Gasteiger partial charge in [-0.2, -0.15) is 4.98 Å². The van der Waals surface area contributed by atoms with Crippen LogP contribution < -0.4 is 15.8 Å². The van der Waals surface area contributed by atoms with Gasteiger partial charge in [0, 0.05) is 12.1 Å². The zero-order valence-corrected chi connectivity index (χ0v) is 8.47. The van der Waals surface area contributed by atoms with Gasteiger partial charge in [-0.3, -0.25) is 14.9 Å². The van der Waals surface area contributed by atoms with Crippen molar-refractivity contribution >= 4 is 17.4 Å². The summed E-state index contributed by atoms with van der Waals surface area (Å²) in [6, 6.07) is 2.59. The van der Waals surface area contributed by atoms with E-state index in [1.54, 1.807) is 0 Å². The molecule has 0 spiro atoms. The molecular formula is C8H10N4O4. The highest BCUT2D eigenvalue weighted by Gasteiger charge is 2.16. The molecule has 0 fully saturated rings. The van der Waals surface area contributed by atoms with Gasteiger partial charge in [0.15, 0.2) is 0 Å². The van der Waals surface area contributed by atoms with E-state index in [1.165, 1.54) is 19.2 Å². The highest BCUT2D eigenvalue weighted by atomic mass is 16.6. The van der Waals surface area contributed by atoms with Crippen molar-refractivity contribution in [2.24, 2.45) is 5.73 Å². The number of nitrogens with two attached hydrogens (primary N) is 1. The molecule has 0 bridgehead atoms. The standard InChI is InChI=1S/C8H10N4O4/c1-16-7-3-2-5(12(14)15)8(11-7)10-4-6(9)13/h2-3H,4H2,1H3,(H2,9,13)(H,10,11). The zero-order valence-electron chi connectivity index (χ0n) is 8.47. The predicted octanol–water partition coefficient (Wildman–Crippen LogP) is -0.104. The smallest absolute Gasteiger partial charge is 0.311 e. The maximum atomic E-state index is 10.6. The van der Waals surface area contributed by atoms with Crippen LogP contribution >= 0.6 is 0 Å². The molecule has 1 aromatic rings. The second-order valence-electron chi connectivity index (χ2n) is 2.80. The molecule has 0 aliphatic carbocycles. The third-order valence-corrected chi connectivity index (χ3v) is 1.68. The highest BCUT2D eigenvalue weighted by molar-refractivity contribution is 5.79. The lowest BCUT2D eigenvalue weighted by atomic mass is 10.4. The number of carbonyl (C=O) groups is 1. The molecule has 8 nitrogen and oxygen atoms in total. The van der Waals surface area contributed by atoms with Crippen LogP contribution in [0.4, 0.5) is 11.5 Å². The molecule has 8 heteroatoms. The van der Waals surface area contributed by atoms with Crippen molar-refractivity contribution in [3.8, 4) is 5.88 Å². The van der Waals surface area contributed by atoms with E-state index in [4.69, 9.17) is 10.5 Å². The first-order valence-electron chi connectivity index (χ1n) is 4.26. The first kappa shape index (κ1) is 11.7. The molecule has 0 aromatic carbocycles. The zero-order chi connectivity index (χ0) is 12.1. The van der Waals surface area contributed by atoms with Crippen molar-refractivity contribution < 1.29 is 14.5 Å². The highest BCUT2D eigenvalue weighted by Crippen LogP contribution is 2.24. The van der Waals surface area contributed by atoms with Crippen LogP contribution in [0.3, 0.4) is 0 Å². The average Bonchev–Trinajstić information content (AvgIpc) is 2.25. The van der Waals surface area contributed by atoms with E-state index in [9.17, 15) is 14.9 Å². The number of carbonyl (C=O) groups excluding carboxylic acids is 1. The molecule has 0 aliphatic rings. The number of amides is 1. The molecule has 0 saturated carbocycles. The number of methoxy groups -OCH3 is 1. The molecule has 1 heterocycles. The molecule has 1 amide bonds. The summed E-state index contributed by atoms with van der Waals surface area (Å²) in [6.07, 6.45) is 0. The summed E-state index contributed by atoms with van der Waals surface area (Å²) in [6.45, 7) is -0.235. The number of rotatable bonds is 5. The van der Waals surface area contributed by atoms with Crippen LogP contribution in [0, 0.1) is 10.1 Å². The monoisotopic (exact) mass is 226 g/mol. The number of anilines is 1. The molecular weight excluding hydrogens is 216 g/mol. The van der Waals surface area contributed by atoms with Crippen molar-refractivity contribution in [2.45, 2.75) is 0 Å². The van der Waals surface area contributed by atoms with Crippen LogP contribution in [0.25, 0.3) is 0 Å². The second-order valence-corrected chi connectivity index (χ2v) is 2.80. The van der Waals surface area contributed by atoms with Crippen molar-refractivity contribution in [1.29, 1.82) is 0 Å². The minimum atomic E-state index is -0.640. The van der Waals surface area contributed by atoms with Gasteiger partial charge in [-0.1, -0.05) is 0 Å². The summed E-state index contributed by atoms with van der Waals surface area (Å²) < 4.78 is 4.81. The molecule has 0 atom stereocenters. The van der Waals surface area contributed by atoms with Crippen molar-refractivity contribution in [1.82, 2.24) is 4.98 Å². The van der Waals surface area contributed by atoms with Crippen LogP contribution in [0.15, 0.2) is 12.1 Å². The summed E-state index contributed by atoms with van der Waals surface area (Å²) in [5.74, 6) is -0.486. The first-order chi connectivity index (χ1) is 7.54. The maximum Gasteiger partial charge on any atom is 0.311 e. The lowest BCUT2D eigenvalue weighted by Crippen LogP contribution is -2.22. The molecule has 0 unspecified atom stereocenters. The summed E-state index contributed by atoms with van der Waals surface area (Å²) >= 11 is 0. The second kappa shape index (κ2) is 4.91. The van der Waals surface area contributed by atoms with E-state index in [2.05, 4.69) is 10.3 Å². The Kier molecular flexibility index (Phi) is 3.59. The number of hydrogen-bond donors (Lipinski definition) is 2. The molecule has 3 N–H and O–H groups in total. The molecule has 16 heavy (non-hydrogen) atoms. The molecule has 1 rings (SSSR count). The molecule has 86 valence electrons. The molecule has 0 aliphatic heterocycles. The van der Waals surface area contributed by atoms with E-state index in [0.717, 1.165) is 0 Å². The van der Waals surface area contributed by atoms with Crippen LogP contribution in [0.1, 0.15) is 0 Å². The van der Waals surface area contributed by atoms with Gasteiger partial charge < -0.3 is 15.8 Å². The number of hydrogen-bond acceptors (Lipinski definition) is 6. The van der Waals surface area contributed by atoms with Gasteiger partial charge in [0.05, 0.1) is 18.6 Å². The fourth-order valence-corrected chi connectivity index (χ4v) is 0.996. The fraction of sp³-hybridized carbons (Fsp3) is 0.250. The fourth-order valence-electron chi connectivity index (χ4n) is 0.996. The van der Waals surface area contributed by atoms with E-state index < -0.39 is 10.8 Å². The van der Waals surface area contributed by atoms with Gasteiger partial charge in [0.2, 0.25) is 17.6 Å². The summed E-state index contributed by atoms with van der Waals surface area (Å²) in [7, 11) is 1.38. The maximum absolute atomic E-state index is 10.6. The first-order valence-corrected chi connectivity index (χ1v) is 4.26. The van der Waals surface area contributed by atoms with Crippen molar-refractivity contribution in [2.75, 3.05) is 19.0 Å². The quantitative estimate of drug-likeness (QED) is 0.534. The molecule has 0 radical (unpaired) electrons. The largest absolute Gasteiger partial charge is 0.481 e. The minimum Gasteiger partial charge on any atom is -0.481 e. The number of nitro groups is 1. The van der Waals surface area contributed by atoms with Gasteiger partial charge in [-0.05, 0) is 0 Å². The topological polar surface area (TPSA) is 120 Å². The van der Waals surface area contributed by atoms with Crippen molar-refractivity contribution in [3.63, 3.8) is 0 Å². The van der Waals surface area contributed by atoms with Crippen molar-refractivity contribution in [3.05, 3.63) is 22.2 Å². The van der Waals surface area contributed by atoms with E-state index in [-0.39, 0.29) is 23.9 Å². The summed E-state index contributed by atoms with van der Waals surface area (Å²) in [5.41, 5.74) is 4.66. The van der Waals surface area contributed by atoms with Gasteiger partial charge in [-0.25, -0.2) is 0 Å². The lowest BCUT2D eigenvalue weighted by Gasteiger charge is -2.05. The van der Waals surface area contributed by atoms with Crippen LogP contribution in [0.2, 0.25) is 0 Å². The number of primary amides is 1. The number of ether oxygens (including phenoxy) is 1. The van der Waals surface area contributed by atoms with E-state index >= 15 is 0 Å². The van der Waals surface area contributed by atoms with Gasteiger partial charge >= 0.3 is 5.69 Å². The van der Waals surface area contributed by atoms with Gasteiger partial charge in [0.1, 0.15) is 0 Å². The minimum absolute atomic E-state index is 0.0526. The van der Waals surface area contributed by atoms with Gasteiger partial charge in [-0.15, -0.1) is 0 Å². The number of nitrogens with one attached hydrogen (secondary N) is 1. The Labute approximate surface area is 90.6 Å². The molecule has 1 aromatic heterocycles. The summed E-state index contributed by atoms with van der Waals surface area (Å²) in [4.78, 5) is 24.4. The number of pyridine rings is 1. The van der Waals surface area contributed by atoms with Crippen LogP contribution in [-0.4, -0.2) is 29.5 Å². The number of nitrogens with zero attached hydrogens (tertiary/aromatic N) is 2. The molecule has 0 saturated heterocycles. The van der Waals surface area contributed by atoms with Gasteiger partial charge in [0.25, 0.3) is 0 Å². The Hall–Kier alpha value is -2.38. The lowest BCUT2D eigenvalue weighted by molar-refractivity contribution is -0.384. The van der Waals surface area contributed by atoms with E-state index in [0.29, 0.717) is 0 Å².